The molecule has 11 heteroatoms. The molecule has 0 radical (unpaired) electrons. The fourth-order valence-electron chi connectivity index (χ4n) is 0.564. The molecule has 0 unspecified atom stereocenters. The third-order valence-electron chi connectivity index (χ3n) is 1.01. The van der Waals surface area contributed by atoms with Crippen LogP contribution in [0, 0.1) is 0 Å². The molecular formula is C4H7BF4N2O3S. The van der Waals surface area contributed by atoms with Crippen LogP contribution in [0.5, 0.6) is 0 Å². The van der Waals surface area contributed by atoms with Crippen LogP contribution in [0.1, 0.15) is 0 Å². The summed E-state index contributed by atoms with van der Waals surface area (Å²) >= 11 is 0. The van der Waals surface area contributed by atoms with Crippen molar-refractivity contribution in [2.24, 2.45) is 7.05 Å². The molecule has 0 spiro atoms. The Morgan fingerprint density at radius 2 is 1.73 bits per heavy atom. The Morgan fingerprint density at radius 3 is 1.87 bits per heavy atom. The molecule has 0 saturated carbocycles. The highest BCUT2D eigenvalue weighted by Crippen LogP contribution is 2.06. The average Bonchev–Trinajstić information content (AvgIpc) is 2.29. The number of rotatable bonds is 1. The second-order valence-electron chi connectivity index (χ2n) is 2.38. The highest BCUT2D eigenvalue weighted by molar-refractivity contribution is 7.84. The van der Waals surface area contributed by atoms with Gasteiger partial charge in [-0.2, -0.15) is 8.42 Å². The summed E-state index contributed by atoms with van der Waals surface area (Å²) in [6.45, 7) is 0. The van der Waals surface area contributed by atoms with Crippen molar-refractivity contribution in [3.8, 4) is 0 Å². The van der Waals surface area contributed by atoms with Crippen LogP contribution in [0.25, 0.3) is 0 Å². The first kappa shape index (κ1) is 13.9. The molecule has 0 amide bonds. The molecule has 5 nitrogen and oxygen atoms in total. The van der Waals surface area contributed by atoms with Gasteiger partial charge in [-0.15, -0.1) is 3.97 Å². The van der Waals surface area contributed by atoms with Crippen LogP contribution in [0.3, 0.4) is 0 Å². The van der Waals surface area contributed by atoms with E-state index in [1.165, 1.54) is 23.3 Å². The van der Waals surface area contributed by atoms with Crippen molar-refractivity contribution >= 4 is 17.6 Å². The maximum Gasteiger partial charge on any atom is 0.673 e. The van der Waals surface area contributed by atoms with E-state index >= 15 is 0 Å². The summed E-state index contributed by atoms with van der Waals surface area (Å²) in [5.74, 6) is 0. The molecule has 15 heavy (non-hydrogen) atoms. The summed E-state index contributed by atoms with van der Waals surface area (Å²) in [7, 11) is -8.43. The largest absolute Gasteiger partial charge is 0.673 e. The van der Waals surface area contributed by atoms with Crippen molar-refractivity contribution in [2.75, 3.05) is 0 Å². The smallest absolute Gasteiger partial charge is 0.418 e. The van der Waals surface area contributed by atoms with Gasteiger partial charge in [0.25, 0.3) is 6.33 Å². The highest BCUT2D eigenvalue weighted by Gasteiger charge is 2.20. The van der Waals surface area contributed by atoms with Crippen LogP contribution in [-0.4, -0.2) is 24.2 Å². The van der Waals surface area contributed by atoms with E-state index in [0.717, 1.165) is 0 Å². The molecule has 0 aliphatic carbocycles. The number of hydrogen-bond donors (Lipinski definition) is 1. The van der Waals surface area contributed by atoms with E-state index in [4.69, 9.17) is 4.55 Å². The molecule has 1 aromatic rings. The zero-order valence-electron chi connectivity index (χ0n) is 7.39. The predicted molar refractivity (Wildman–Crippen MR) is 42.7 cm³/mol. The minimum Gasteiger partial charge on any atom is -0.418 e. The maximum atomic E-state index is 10.4. The number of hydrogen-bond acceptors (Lipinski definition) is 2. The van der Waals surface area contributed by atoms with E-state index in [9.17, 15) is 25.7 Å². The van der Waals surface area contributed by atoms with Crippen LogP contribution in [0.15, 0.2) is 18.7 Å². The Labute approximate surface area is 82.9 Å². The first-order valence-corrected chi connectivity index (χ1v) is 4.78. The standard InChI is InChI=1S/C4H6N2O3S.BF4/c1-5-2-3-6(4-5)10(7,8)9;2-1(3,4)5/h2-4H,1H3;/q;-1/p+1. The molecule has 0 bridgehead atoms. The molecular weight excluding hydrogens is 243 g/mol. The lowest BCUT2D eigenvalue weighted by atomic mass is 10.3. The van der Waals surface area contributed by atoms with Gasteiger partial charge < -0.3 is 17.3 Å². The lowest BCUT2D eigenvalue weighted by Crippen LogP contribution is -2.24. The molecule has 0 fully saturated rings. The van der Waals surface area contributed by atoms with Crippen molar-refractivity contribution < 1.29 is 34.8 Å². The van der Waals surface area contributed by atoms with Gasteiger partial charge in [-0.3, -0.25) is 4.55 Å². The fourth-order valence-corrected chi connectivity index (χ4v) is 1.04. The van der Waals surface area contributed by atoms with E-state index in [1.54, 1.807) is 7.05 Å². The van der Waals surface area contributed by atoms with E-state index in [-0.39, 0.29) is 0 Å². The summed E-state index contributed by atoms with van der Waals surface area (Å²) in [6, 6.07) is 0. The Bertz CT molecular complexity index is 408. The molecule has 88 valence electrons. The maximum absolute atomic E-state index is 10.4. The lowest BCUT2D eigenvalue weighted by molar-refractivity contribution is -0.670. The van der Waals surface area contributed by atoms with Crippen LogP contribution in [-0.2, 0) is 17.4 Å². The third kappa shape index (κ3) is 7.94. The molecule has 1 rings (SSSR count). The number of halogens is 4. The summed E-state index contributed by atoms with van der Waals surface area (Å²) in [5, 5.41) is 0. The quantitative estimate of drug-likeness (QED) is 0.336. The van der Waals surface area contributed by atoms with Gasteiger partial charge in [0.05, 0.1) is 7.05 Å². The van der Waals surface area contributed by atoms with Gasteiger partial charge in [0, 0.05) is 0 Å². The number of nitrogens with zero attached hydrogens (tertiary/aromatic N) is 2. The van der Waals surface area contributed by atoms with Gasteiger partial charge in [-0.25, -0.2) is 4.57 Å². The van der Waals surface area contributed by atoms with Crippen molar-refractivity contribution in [1.29, 1.82) is 0 Å². The minimum absolute atomic E-state index is 0.715. The highest BCUT2D eigenvalue weighted by atomic mass is 32.2. The van der Waals surface area contributed by atoms with E-state index in [1.807, 2.05) is 0 Å². The summed E-state index contributed by atoms with van der Waals surface area (Å²) in [5.41, 5.74) is 0. The summed E-state index contributed by atoms with van der Waals surface area (Å²) < 4.78 is 70.3. The summed E-state index contributed by atoms with van der Waals surface area (Å²) in [4.78, 5) is 0. The van der Waals surface area contributed by atoms with Crippen molar-refractivity contribution in [2.45, 2.75) is 0 Å². The van der Waals surface area contributed by atoms with Crippen LogP contribution in [0.2, 0.25) is 0 Å². The van der Waals surface area contributed by atoms with Crippen LogP contribution < -0.4 is 4.57 Å². The van der Waals surface area contributed by atoms with Crippen LogP contribution in [0.4, 0.5) is 17.3 Å². The van der Waals surface area contributed by atoms with Crippen molar-refractivity contribution in [1.82, 2.24) is 3.97 Å². The number of imidazole rings is 1. The second kappa shape index (κ2) is 4.62. The van der Waals surface area contributed by atoms with Gasteiger partial charge in [0.2, 0.25) is 0 Å². The lowest BCUT2D eigenvalue weighted by Gasteiger charge is -1.94. The van der Waals surface area contributed by atoms with Gasteiger partial charge in [0.15, 0.2) is 0 Å². The second-order valence-corrected chi connectivity index (χ2v) is 3.70. The van der Waals surface area contributed by atoms with Gasteiger partial charge in [-0.05, 0) is 0 Å². The molecule has 0 saturated heterocycles. The first-order valence-electron chi connectivity index (χ1n) is 3.38. The van der Waals surface area contributed by atoms with Gasteiger partial charge in [0.1, 0.15) is 12.4 Å². The van der Waals surface area contributed by atoms with E-state index in [0.29, 0.717) is 3.97 Å². The van der Waals surface area contributed by atoms with Crippen LogP contribution >= 0.6 is 0 Å². The molecule has 0 aromatic carbocycles. The number of aromatic nitrogens is 2. The Morgan fingerprint density at radius 1 is 1.33 bits per heavy atom. The third-order valence-corrected chi connectivity index (χ3v) is 1.76. The first-order chi connectivity index (χ1) is 6.50. The molecule has 0 aliphatic heterocycles. The van der Waals surface area contributed by atoms with Gasteiger partial charge in [-0.1, -0.05) is 0 Å². The SMILES string of the molecule is C[n+]1ccn(S(=O)(=O)O)c1.F[B-](F)(F)F. The molecule has 1 heterocycles. The minimum atomic E-state index is -6.00. The Kier molecular flexibility index (Phi) is 4.28. The zero-order chi connectivity index (χ0) is 12.3. The van der Waals surface area contributed by atoms with E-state index < -0.39 is 17.6 Å². The Balaban J connectivity index is 0.000000336. The number of aryl methyl sites for hydroxylation is 1. The van der Waals surface area contributed by atoms with E-state index in [2.05, 4.69) is 0 Å². The molecule has 0 aliphatic rings. The Hall–Kier alpha value is -1.10. The van der Waals surface area contributed by atoms with Crippen molar-refractivity contribution in [3.05, 3.63) is 18.7 Å². The fraction of sp³-hybridized carbons (Fsp3) is 0.250. The molecule has 0 atom stereocenters. The topological polar surface area (TPSA) is 63.2 Å². The average molecular weight is 250 g/mol. The zero-order valence-corrected chi connectivity index (χ0v) is 8.20. The monoisotopic (exact) mass is 250 g/mol. The predicted octanol–water partition coefficient (Wildman–Crippen LogP) is 0.263. The molecule has 1 aromatic heterocycles. The van der Waals surface area contributed by atoms with Gasteiger partial charge >= 0.3 is 17.6 Å². The summed E-state index contributed by atoms with van der Waals surface area (Å²) in [6.07, 6.45) is 4.00. The normalized spacial score (nSPS) is 11.9. The molecule has 1 N–H and O–H groups in total. The van der Waals surface area contributed by atoms with Crippen molar-refractivity contribution in [3.63, 3.8) is 0 Å².